The summed E-state index contributed by atoms with van der Waals surface area (Å²) in [5, 5.41) is 0. The highest BCUT2D eigenvalue weighted by atomic mass is 16.2. The van der Waals surface area contributed by atoms with Gasteiger partial charge in [0, 0.05) is 38.7 Å². The fourth-order valence-corrected chi connectivity index (χ4v) is 2.37. The summed E-state index contributed by atoms with van der Waals surface area (Å²) < 4.78 is 0. The maximum atomic E-state index is 12.3. The molecule has 1 saturated heterocycles. The third-order valence-corrected chi connectivity index (χ3v) is 3.57. The van der Waals surface area contributed by atoms with Crippen molar-refractivity contribution < 1.29 is 9.59 Å². The molecule has 0 aliphatic carbocycles. The molecule has 0 unspecified atom stereocenters. The van der Waals surface area contributed by atoms with Gasteiger partial charge in [-0.2, -0.15) is 0 Å². The molecule has 1 aliphatic heterocycles. The summed E-state index contributed by atoms with van der Waals surface area (Å²) in [6, 6.07) is 9.26. The molecule has 21 heavy (non-hydrogen) atoms. The molecule has 0 atom stereocenters. The first kappa shape index (κ1) is 15.2. The van der Waals surface area contributed by atoms with Crippen LogP contribution in [0.4, 0.5) is 0 Å². The molecule has 1 heterocycles. The van der Waals surface area contributed by atoms with E-state index in [1.807, 2.05) is 49.3 Å². The number of likely N-dealkylation sites (tertiary alicyclic amines) is 1. The van der Waals surface area contributed by atoms with Crippen molar-refractivity contribution in [1.82, 2.24) is 9.80 Å². The predicted octanol–water partition coefficient (Wildman–Crippen LogP) is 1.66. The zero-order valence-electron chi connectivity index (χ0n) is 12.5. The Morgan fingerprint density at radius 3 is 2.38 bits per heavy atom. The van der Waals surface area contributed by atoms with E-state index in [1.165, 1.54) is 6.34 Å². The first-order valence-electron chi connectivity index (χ1n) is 7.16. The van der Waals surface area contributed by atoms with E-state index in [1.54, 1.807) is 4.90 Å². The Kier molecular flexibility index (Phi) is 5.09. The van der Waals surface area contributed by atoms with Gasteiger partial charge in [-0.05, 0) is 25.0 Å². The van der Waals surface area contributed by atoms with Crippen LogP contribution in [0, 0.1) is 5.92 Å². The minimum Gasteiger partial charge on any atom is -0.369 e. The lowest BCUT2D eigenvalue weighted by molar-refractivity contribution is -0.122. The van der Waals surface area contributed by atoms with Crippen molar-refractivity contribution in [1.29, 1.82) is 0 Å². The van der Waals surface area contributed by atoms with E-state index in [9.17, 15) is 9.59 Å². The van der Waals surface area contributed by atoms with E-state index in [-0.39, 0.29) is 17.7 Å². The zero-order valence-corrected chi connectivity index (χ0v) is 12.5. The van der Waals surface area contributed by atoms with Crippen LogP contribution < -0.4 is 0 Å². The lowest BCUT2D eigenvalue weighted by Crippen LogP contribution is -2.40. The van der Waals surface area contributed by atoms with E-state index >= 15 is 0 Å². The van der Waals surface area contributed by atoms with Gasteiger partial charge in [-0.25, -0.2) is 4.99 Å². The number of hydrogen-bond acceptors (Lipinski definition) is 2. The van der Waals surface area contributed by atoms with Crippen molar-refractivity contribution in [3.63, 3.8) is 0 Å². The number of carbonyl (C=O) groups is 2. The van der Waals surface area contributed by atoms with E-state index < -0.39 is 0 Å². The largest absolute Gasteiger partial charge is 0.369 e. The molecule has 2 amide bonds. The molecule has 1 aromatic carbocycles. The van der Waals surface area contributed by atoms with E-state index in [2.05, 4.69) is 4.99 Å². The van der Waals surface area contributed by atoms with Gasteiger partial charge in [-0.3, -0.25) is 9.59 Å². The summed E-state index contributed by atoms with van der Waals surface area (Å²) in [5.74, 6) is -0.116. The van der Waals surface area contributed by atoms with Gasteiger partial charge in [0.05, 0.1) is 6.34 Å². The molecule has 0 radical (unpaired) electrons. The van der Waals surface area contributed by atoms with E-state index in [4.69, 9.17) is 0 Å². The van der Waals surface area contributed by atoms with Crippen LogP contribution in [0.2, 0.25) is 0 Å². The lowest BCUT2D eigenvalue weighted by atomic mass is 9.95. The van der Waals surface area contributed by atoms with Gasteiger partial charge >= 0.3 is 0 Å². The summed E-state index contributed by atoms with van der Waals surface area (Å²) >= 11 is 0. The summed E-state index contributed by atoms with van der Waals surface area (Å²) in [6.07, 6.45) is 2.90. The highest BCUT2D eigenvalue weighted by Crippen LogP contribution is 2.20. The Bertz CT molecular complexity index is 518. The summed E-state index contributed by atoms with van der Waals surface area (Å²) in [7, 11) is 3.66. The molecule has 1 aliphatic rings. The van der Waals surface area contributed by atoms with Gasteiger partial charge in [-0.15, -0.1) is 0 Å². The Labute approximate surface area is 125 Å². The van der Waals surface area contributed by atoms with Crippen LogP contribution in [0.5, 0.6) is 0 Å². The fourth-order valence-electron chi connectivity index (χ4n) is 2.37. The van der Waals surface area contributed by atoms with Crippen molar-refractivity contribution in [3.05, 3.63) is 35.9 Å². The number of amides is 2. The van der Waals surface area contributed by atoms with Gasteiger partial charge in [-0.1, -0.05) is 18.2 Å². The van der Waals surface area contributed by atoms with Crippen LogP contribution in [0.3, 0.4) is 0 Å². The second-order valence-corrected chi connectivity index (χ2v) is 5.48. The van der Waals surface area contributed by atoms with Gasteiger partial charge in [0.2, 0.25) is 5.91 Å². The molecule has 5 heteroatoms. The molecule has 2 rings (SSSR count). The van der Waals surface area contributed by atoms with Gasteiger partial charge in [0.15, 0.2) is 0 Å². The topological polar surface area (TPSA) is 53.0 Å². The second kappa shape index (κ2) is 7.02. The number of hydrogen-bond donors (Lipinski definition) is 0. The zero-order chi connectivity index (χ0) is 15.2. The van der Waals surface area contributed by atoms with Crippen LogP contribution in [-0.2, 0) is 4.79 Å². The maximum absolute atomic E-state index is 12.3. The van der Waals surface area contributed by atoms with Crippen molar-refractivity contribution in [2.75, 3.05) is 27.2 Å². The Hall–Kier alpha value is -2.17. The summed E-state index contributed by atoms with van der Waals surface area (Å²) in [6.45, 7) is 1.23. The fraction of sp³-hybridized carbons (Fsp3) is 0.438. The number of rotatable bonds is 3. The quantitative estimate of drug-likeness (QED) is 0.627. The Balaban J connectivity index is 1.89. The van der Waals surface area contributed by atoms with Crippen LogP contribution in [0.1, 0.15) is 23.2 Å². The first-order chi connectivity index (χ1) is 10.1. The molecule has 1 aromatic rings. The normalized spacial score (nSPS) is 16.2. The SMILES string of the molecule is CN(C)C=NC(=O)C1CCN(C(=O)c2ccccc2)CC1. The van der Waals surface area contributed by atoms with Crippen molar-refractivity contribution >= 4 is 18.2 Å². The van der Waals surface area contributed by atoms with Crippen LogP contribution in [-0.4, -0.2) is 55.1 Å². The third kappa shape index (κ3) is 4.15. The van der Waals surface area contributed by atoms with Crippen molar-refractivity contribution in [3.8, 4) is 0 Å². The number of carbonyl (C=O) groups excluding carboxylic acids is 2. The molecule has 0 aromatic heterocycles. The van der Waals surface area contributed by atoms with Crippen molar-refractivity contribution in [2.45, 2.75) is 12.8 Å². The second-order valence-electron chi connectivity index (χ2n) is 5.48. The minimum atomic E-state index is -0.0875. The van der Waals surface area contributed by atoms with Gasteiger partial charge < -0.3 is 9.80 Å². The molecule has 0 saturated carbocycles. The molecular formula is C16H21N3O2. The standard InChI is InChI=1S/C16H21N3O2/c1-18(2)12-17-15(20)13-8-10-19(11-9-13)16(21)14-6-4-3-5-7-14/h3-7,12-13H,8-11H2,1-2H3. The van der Waals surface area contributed by atoms with Gasteiger partial charge in [0.25, 0.3) is 5.91 Å². The number of benzene rings is 1. The lowest BCUT2D eigenvalue weighted by Gasteiger charge is -2.30. The highest BCUT2D eigenvalue weighted by Gasteiger charge is 2.27. The van der Waals surface area contributed by atoms with E-state index in [0.29, 0.717) is 31.5 Å². The molecule has 1 fully saturated rings. The van der Waals surface area contributed by atoms with Crippen LogP contribution in [0.15, 0.2) is 35.3 Å². The molecular weight excluding hydrogens is 266 g/mol. The monoisotopic (exact) mass is 287 g/mol. The third-order valence-electron chi connectivity index (χ3n) is 3.57. The number of piperidine rings is 1. The Morgan fingerprint density at radius 2 is 1.81 bits per heavy atom. The summed E-state index contributed by atoms with van der Waals surface area (Å²) in [4.78, 5) is 31.7. The van der Waals surface area contributed by atoms with Crippen LogP contribution >= 0.6 is 0 Å². The summed E-state index contributed by atoms with van der Waals surface area (Å²) in [5.41, 5.74) is 0.702. The number of nitrogens with zero attached hydrogens (tertiary/aromatic N) is 3. The Morgan fingerprint density at radius 1 is 1.19 bits per heavy atom. The molecule has 0 bridgehead atoms. The molecule has 0 N–H and O–H groups in total. The van der Waals surface area contributed by atoms with Gasteiger partial charge in [0.1, 0.15) is 0 Å². The minimum absolute atomic E-state index is 0.0401. The van der Waals surface area contributed by atoms with Crippen LogP contribution in [0.25, 0.3) is 0 Å². The molecule has 5 nitrogen and oxygen atoms in total. The maximum Gasteiger partial charge on any atom is 0.253 e. The smallest absolute Gasteiger partial charge is 0.253 e. The molecule has 0 spiro atoms. The average Bonchev–Trinajstić information content (AvgIpc) is 2.53. The highest BCUT2D eigenvalue weighted by molar-refractivity contribution is 5.94. The predicted molar refractivity (Wildman–Crippen MR) is 82.3 cm³/mol. The van der Waals surface area contributed by atoms with Crippen molar-refractivity contribution in [2.24, 2.45) is 10.9 Å². The van der Waals surface area contributed by atoms with E-state index in [0.717, 1.165) is 0 Å². The average molecular weight is 287 g/mol. The molecule has 112 valence electrons. The number of aliphatic imine (C=N–C) groups is 1. The first-order valence-corrected chi connectivity index (χ1v) is 7.16.